The minimum absolute atomic E-state index is 0.0383. The zero-order valence-corrected chi connectivity index (χ0v) is 19.7. The Balaban J connectivity index is 2.22. The number of aromatic amines is 1. The van der Waals surface area contributed by atoms with Crippen LogP contribution in [0.2, 0.25) is 0 Å². The molecule has 178 valence electrons. The number of hydrogen-bond acceptors (Lipinski definition) is 8. The Kier molecular flexibility index (Phi) is 8.37. The fourth-order valence-corrected chi connectivity index (χ4v) is 3.12. The second-order valence-electron chi connectivity index (χ2n) is 9.15. The van der Waals surface area contributed by atoms with Crippen LogP contribution in [0, 0.1) is 5.92 Å². The Labute approximate surface area is 186 Å². The van der Waals surface area contributed by atoms with Crippen LogP contribution in [0.15, 0.2) is 14.1 Å². The average molecular weight is 451 g/mol. The summed E-state index contributed by atoms with van der Waals surface area (Å²) in [7, 11) is 1.50. The van der Waals surface area contributed by atoms with Crippen molar-refractivity contribution in [2.24, 2.45) is 5.92 Å². The molecular formula is C21H34N6O5. The van der Waals surface area contributed by atoms with Gasteiger partial charge in [-0.25, -0.2) is 4.79 Å². The summed E-state index contributed by atoms with van der Waals surface area (Å²) in [6.45, 7) is 10.4. The number of nitrogens with zero attached hydrogens (tertiary/aromatic N) is 4. The lowest BCUT2D eigenvalue weighted by atomic mass is 9.96. The second kappa shape index (κ2) is 10.6. The molecule has 0 radical (unpaired) electrons. The smallest absolute Gasteiger partial charge is 0.330 e. The van der Waals surface area contributed by atoms with Crippen LogP contribution in [0.3, 0.4) is 0 Å². The molecule has 0 bridgehead atoms. The number of nitrogens with one attached hydrogen (secondary N) is 1. The fraction of sp³-hybridized carbons (Fsp3) is 0.667. The molecule has 2 heterocycles. The second-order valence-corrected chi connectivity index (χ2v) is 9.15. The van der Waals surface area contributed by atoms with Crippen LogP contribution in [0.4, 0.5) is 11.5 Å². The third-order valence-electron chi connectivity index (χ3n) is 4.77. The standard InChI is InChI=1S/C21H34N6O5/c1-13(2)12-27-17(22)16(18(29)24-20(27)30)26(10-11-31-6)15(28)9-7-8-14-23-19(25-32-14)21(3,4)5/h13H,7-12,22H2,1-6H3,(H,24,29,30). The summed E-state index contributed by atoms with van der Waals surface area (Å²) in [5.41, 5.74) is 4.60. The van der Waals surface area contributed by atoms with Crippen molar-refractivity contribution < 1.29 is 14.1 Å². The van der Waals surface area contributed by atoms with Crippen molar-refractivity contribution in [3.8, 4) is 0 Å². The number of nitrogen functional groups attached to an aromatic ring is 1. The number of carbonyl (C=O) groups excluding carboxylic acids is 1. The summed E-state index contributed by atoms with van der Waals surface area (Å²) in [5.74, 6) is 0.818. The molecule has 0 spiro atoms. The summed E-state index contributed by atoms with van der Waals surface area (Å²) in [6, 6.07) is 0. The van der Waals surface area contributed by atoms with Gasteiger partial charge in [-0.15, -0.1) is 0 Å². The highest BCUT2D eigenvalue weighted by Gasteiger charge is 2.25. The lowest BCUT2D eigenvalue weighted by molar-refractivity contribution is -0.118. The Morgan fingerprint density at radius 1 is 1.31 bits per heavy atom. The predicted octanol–water partition coefficient (Wildman–Crippen LogP) is 1.46. The molecular weight excluding hydrogens is 416 g/mol. The Bertz CT molecular complexity index is 1030. The molecule has 32 heavy (non-hydrogen) atoms. The number of hydrogen-bond donors (Lipinski definition) is 2. The van der Waals surface area contributed by atoms with Crippen molar-refractivity contribution in [1.29, 1.82) is 0 Å². The Morgan fingerprint density at radius 3 is 2.56 bits per heavy atom. The number of methoxy groups -OCH3 is 1. The fourth-order valence-electron chi connectivity index (χ4n) is 3.12. The van der Waals surface area contributed by atoms with Gasteiger partial charge in [0.05, 0.1) is 6.61 Å². The van der Waals surface area contributed by atoms with Crippen molar-refractivity contribution in [3.05, 3.63) is 32.6 Å². The van der Waals surface area contributed by atoms with Gasteiger partial charge in [0.25, 0.3) is 5.56 Å². The van der Waals surface area contributed by atoms with E-state index in [0.29, 0.717) is 31.1 Å². The molecule has 0 aliphatic rings. The molecule has 3 N–H and O–H groups in total. The van der Waals surface area contributed by atoms with E-state index in [4.69, 9.17) is 15.0 Å². The highest BCUT2D eigenvalue weighted by molar-refractivity contribution is 5.95. The first-order valence-electron chi connectivity index (χ1n) is 10.7. The van der Waals surface area contributed by atoms with Crippen molar-refractivity contribution in [2.45, 2.75) is 65.8 Å². The first-order valence-corrected chi connectivity index (χ1v) is 10.7. The van der Waals surface area contributed by atoms with Gasteiger partial charge in [-0.1, -0.05) is 39.8 Å². The van der Waals surface area contributed by atoms with E-state index >= 15 is 0 Å². The van der Waals surface area contributed by atoms with E-state index < -0.39 is 11.2 Å². The van der Waals surface area contributed by atoms with Crippen LogP contribution in [0.5, 0.6) is 0 Å². The maximum absolute atomic E-state index is 13.0. The lowest BCUT2D eigenvalue weighted by Gasteiger charge is -2.24. The van der Waals surface area contributed by atoms with Crippen molar-refractivity contribution in [2.75, 3.05) is 30.9 Å². The van der Waals surface area contributed by atoms with E-state index in [2.05, 4.69) is 15.1 Å². The van der Waals surface area contributed by atoms with Gasteiger partial charge in [-0.3, -0.25) is 19.1 Å². The molecule has 2 aromatic heterocycles. The van der Waals surface area contributed by atoms with E-state index in [0.717, 1.165) is 0 Å². The maximum Gasteiger partial charge on any atom is 0.330 e. The SMILES string of the molecule is COCCN(C(=O)CCCc1nc(C(C)(C)C)no1)c1c(N)n(CC(C)C)c(=O)[nH]c1=O. The van der Waals surface area contributed by atoms with Crippen LogP contribution in [-0.4, -0.2) is 45.9 Å². The van der Waals surface area contributed by atoms with Gasteiger partial charge < -0.3 is 19.9 Å². The van der Waals surface area contributed by atoms with Gasteiger partial charge in [0, 0.05) is 38.5 Å². The van der Waals surface area contributed by atoms with E-state index in [-0.39, 0.29) is 48.3 Å². The Hall–Kier alpha value is -2.95. The first kappa shape index (κ1) is 25.3. The van der Waals surface area contributed by atoms with Crippen molar-refractivity contribution in [1.82, 2.24) is 19.7 Å². The quantitative estimate of drug-likeness (QED) is 0.552. The monoisotopic (exact) mass is 450 g/mol. The van der Waals surface area contributed by atoms with E-state index in [1.165, 1.54) is 16.6 Å². The summed E-state index contributed by atoms with van der Waals surface area (Å²) in [6.07, 6.45) is 0.988. The third-order valence-corrected chi connectivity index (χ3v) is 4.77. The molecule has 1 amide bonds. The molecule has 0 fully saturated rings. The normalized spacial score (nSPS) is 11.8. The van der Waals surface area contributed by atoms with Gasteiger partial charge in [0.2, 0.25) is 11.8 Å². The van der Waals surface area contributed by atoms with Crippen LogP contribution >= 0.6 is 0 Å². The molecule has 11 nitrogen and oxygen atoms in total. The molecule has 0 atom stereocenters. The van der Waals surface area contributed by atoms with E-state index in [1.807, 2.05) is 34.6 Å². The first-order chi connectivity index (χ1) is 15.0. The molecule has 11 heteroatoms. The number of H-pyrrole nitrogens is 1. The van der Waals surface area contributed by atoms with Crippen LogP contribution < -0.4 is 21.9 Å². The van der Waals surface area contributed by atoms with E-state index in [1.54, 1.807) is 0 Å². The number of nitrogens with two attached hydrogens (primary N) is 1. The summed E-state index contributed by atoms with van der Waals surface area (Å²) < 4.78 is 11.6. The highest BCUT2D eigenvalue weighted by Crippen LogP contribution is 2.21. The largest absolute Gasteiger partial charge is 0.383 e. The molecule has 2 aromatic rings. The van der Waals surface area contributed by atoms with Crippen molar-refractivity contribution >= 4 is 17.4 Å². The lowest BCUT2D eigenvalue weighted by Crippen LogP contribution is -2.42. The van der Waals surface area contributed by atoms with Gasteiger partial charge >= 0.3 is 5.69 Å². The minimum atomic E-state index is -0.705. The number of carbonyl (C=O) groups is 1. The number of anilines is 2. The van der Waals surface area contributed by atoms with Crippen LogP contribution in [0.25, 0.3) is 0 Å². The molecule has 0 aromatic carbocycles. The number of amides is 1. The van der Waals surface area contributed by atoms with Gasteiger partial charge in [-0.2, -0.15) is 4.98 Å². The topological polar surface area (TPSA) is 149 Å². The summed E-state index contributed by atoms with van der Waals surface area (Å²) in [4.78, 5) is 45.8. The highest BCUT2D eigenvalue weighted by atomic mass is 16.5. The zero-order valence-electron chi connectivity index (χ0n) is 19.7. The van der Waals surface area contributed by atoms with E-state index in [9.17, 15) is 14.4 Å². The number of ether oxygens (including phenoxy) is 1. The van der Waals surface area contributed by atoms with Gasteiger partial charge in [0.1, 0.15) is 5.82 Å². The van der Waals surface area contributed by atoms with Crippen molar-refractivity contribution in [3.63, 3.8) is 0 Å². The summed E-state index contributed by atoms with van der Waals surface area (Å²) in [5, 5.41) is 3.98. The number of aromatic nitrogens is 4. The van der Waals surface area contributed by atoms with Gasteiger partial charge in [0.15, 0.2) is 11.5 Å². The molecule has 0 aliphatic heterocycles. The molecule has 0 aliphatic carbocycles. The molecule has 0 saturated heterocycles. The molecule has 0 unspecified atom stereocenters. The van der Waals surface area contributed by atoms with Gasteiger partial charge in [-0.05, 0) is 12.3 Å². The molecule has 0 saturated carbocycles. The number of aryl methyl sites for hydroxylation is 1. The zero-order chi connectivity index (χ0) is 24.1. The maximum atomic E-state index is 13.0. The summed E-state index contributed by atoms with van der Waals surface area (Å²) >= 11 is 0. The number of rotatable bonds is 10. The van der Waals surface area contributed by atoms with Crippen LogP contribution in [0.1, 0.15) is 59.2 Å². The third kappa shape index (κ3) is 6.28. The average Bonchev–Trinajstić information content (AvgIpc) is 3.16. The molecule has 2 rings (SSSR count). The minimum Gasteiger partial charge on any atom is -0.383 e. The predicted molar refractivity (Wildman–Crippen MR) is 121 cm³/mol. The van der Waals surface area contributed by atoms with Crippen LogP contribution in [-0.2, 0) is 27.9 Å². The Morgan fingerprint density at radius 2 is 2.00 bits per heavy atom.